The van der Waals surface area contributed by atoms with E-state index in [1.165, 1.54) is 41.1 Å². The van der Waals surface area contributed by atoms with Gasteiger partial charge < -0.3 is 5.32 Å². The number of nitrogens with one attached hydrogen (secondary N) is 1. The van der Waals surface area contributed by atoms with Gasteiger partial charge in [-0.15, -0.1) is 11.3 Å². The van der Waals surface area contributed by atoms with Gasteiger partial charge in [-0.1, -0.05) is 13.8 Å². The number of thiophene rings is 1. The third-order valence-electron chi connectivity index (χ3n) is 3.33. The quantitative estimate of drug-likeness (QED) is 0.905. The zero-order valence-electron chi connectivity index (χ0n) is 11.3. The van der Waals surface area contributed by atoms with Crippen LogP contribution in [0.1, 0.15) is 31.6 Å². The molecule has 1 aromatic rings. The maximum atomic E-state index is 3.69. The smallest absolute Gasteiger partial charge is 0.0701 e. The van der Waals surface area contributed by atoms with Crippen molar-refractivity contribution in [1.82, 2.24) is 10.2 Å². The largest absolute Gasteiger partial charge is 0.313 e. The molecule has 1 aliphatic heterocycles. The van der Waals surface area contributed by atoms with E-state index in [0.717, 1.165) is 12.5 Å². The molecule has 1 aliphatic rings. The average molecular weight is 331 g/mol. The molecule has 0 saturated carbocycles. The number of nitrogens with zero attached hydrogens (tertiary/aromatic N) is 1. The minimum Gasteiger partial charge on any atom is -0.313 e. The summed E-state index contributed by atoms with van der Waals surface area (Å²) in [4.78, 5) is 4.07. The van der Waals surface area contributed by atoms with Crippen LogP contribution >= 0.6 is 27.3 Å². The summed E-state index contributed by atoms with van der Waals surface area (Å²) in [5.41, 5.74) is 0. The van der Waals surface area contributed by atoms with Crippen LogP contribution in [0.5, 0.6) is 0 Å². The van der Waals surface area contributed by atoms with E-state index in [9.17, 15) is 0 Å². The molecule has 4 heteroatoms. The highest BCUT2D eigenvalue weighted by atomic mass is 79.9. The summed E-state index contributed by atoms with van der Waals surface area (Å²) < 4.78 is 1.24. The van der Waals surface area contributed by atoms with Crippen molar-refractivity contribution in [2.75, 3.05) is 19.6 Å². The van der Waals surface area contributed by atoms with Crippen LogP contribution in [-0.2, 0) is 6.54 Å². The van der Waals surface area contributed by atoms with Crippen LogP contribution in [0.15, 0.2) is 15.9 Å². The summed E-state index contributed by atoms with van der Waals surface area (Å²) >= 11 is 5.40. The van der Waals surface area contributed by atoms with Gasteiger partial charge >= 0.3 is 0 Å². The summed E-state index contributed by atoms with van der Waals surface area (Å²) in [5.74, 6) is 0.776. The van der Waals surface area contributed by atoms with Gasteiger partial charge in [0.25, 0.3) is 0 Å². The standard InChI is InChI=1S/C14H23BrN2S/c1-11(2)8-12-9-17(7-3-6-16-12)10-13-4-5-14(15)18-13/h4-5,11-12,16H,3,6-10H2,1-2H3. The topological polar surface area (TPSA) is 15.3 Å². The van der Waals surface area contributed by atoms with Gasteiger partial charge in [0.1, 0.15) is 0 Å². The second-order valence-corrected chi connectivity index (χ2v) is 8.12. The maximum Gasteiger partial charge on any atom is 0.0701 e. The van der Waals surface area contributed by atoms with E-state index < -0.39 is 0 Å². The van der Waals surface area contributed by atoms with Gasteiger partial charge in [-0.25, -0.2) is 0 Å². The minimum atomic E-state index is 0.663. The summed E-state index contributed by atoms with van der Waals surface area (Å²) in [6, 6.07) is 5.06. The zero-order chi connectivity index (χ0) is 13.0. The third-order valence-corrected chi connectivity index (χ3v) is 4.94. The number of rotatable bonds is 4. The Morgan fingerprint density at radius 3 is 3.00 bits per heavy atom. The lowest BCUT2D eigenvalue weighted by molar-refractivity contribution is 0.249. The molecule has 18 heavy (non-hydrogen) atoms. The van der Waals surface area contributed by atoms with Crippen LogP contribution in [0.3, 0.4) is 0 Å². The molecule has 1 atom stereocenters. The Balaban J connectivity index is 1.90. The van der Waals surface area contributed by atoms with Crippen molar-refractivity contribution in [3.8, 4) is 0 Å². The van der Waals surface area contributed by atoms with E-state index in [0.29, 0.717) is 6.04 Å². The number of hydrogen-bond donors (Lipinski definition) is 1. The van der Waals surface area contributed by atoms with Crippen molar-refractivity contribution < 1.29 is 0 Å². The lowest BCUT2D eigenvalue weighted by Gasteiger charge is -2.25. The maximum absolute atomic E-state index is 3.69. The molecule has 1 fully saturated rings. The SMILES string of the molecule is CC(C)CC1CN(Cc2ccc(Br)s2)CCCN1. The monoisotopic (exact) mass is 330 g/mol. The Morgan fingerprint density at radius 1 is 1.50 bits per heavy atom. The fourth-order valence-electron chi connectivity index (χ4n) is 2.60. The normalized spacial score (nSPS) is 22.3. The molecule has 0 bridgehead atoms. The molecular weight excluding hydrogens is 308 g/mol. The first kappa shape index (κ1) is 14.5. The van der Waals surface area contributed by atoms with Crippen molar-refractivity contribution in [3.63, 3.8) is 0 Å². The van der Waals surface area contributed by atoms with E-state index in [1.807, 2.05) is 11.3 Å². The fraction of sp³-hybridized carbons (Fsp3) is 0.714. The highest BCUT2D eigenvalue weighted by Gasteiger charge is 2.18. The molecule has 0 radical (unpaired) electrons. The first-order chi connectivity index (χ1) is 8.63. The predicted octanol–water partition coefficient (Wildman–Crippen LogP) is 3.72. The van der Waals surface area contributed by atoms with Crippen LogP contribution in [0.2, 0.25) is 0 Å². The van der Waals surface area contributed by atoms with E-state index in [4.69, 9.17) is 0 Å². The lowest BCUT2D eigenvalue weighted by Crippen LogP contribution is -2.38. The molecule has 0 amide bonds. The summed E-state index contributed by atoms with van der Waals surface area (Å²) in [6.07, 6.45) is 2.55. The highest BCUT2D eigenvalue weighted by Crippen LogP contribution is 2.24. The van der Waals surface area contributed by atoms with E-state index in [1.54, 1.807) is 0 Å². The molecule has 1 unspecified atom stereocenters. The molecule has 0 aromatic carbocycles. The Morgan fingerprint density at radius 2 is 2.33 bits per heavy atom. The molecule has 2 rings (SSSR count). The summed E-state index contributed by atoms with van der Waals surface area (Å²) in [5, 5.41) is 3.69. The van der Waals surface area contributed by atoms with Crippen molar-refractivity contribution in [2.24, 2.45) is 5.92 Å². The van der Waals surface area contributed by atoms with Crippen LogP contribution < -0.4 is 5.32 Å². The second kappa shape index (κ2) is 7.04. The molecule has 2 nitrogen and oxygen atoms in total. The molecule has 0 aliphatic carbocycles. The summed E-state index contributed by atoms with van der Waals surface area (Å²) in [6.45, 7) is 9.31. The van der Waals surface area contributed by atoms with Gasteiger partial charge in [0.15, 0.2) is 0 Å². The van der Waals surface area contributed by atoms with Gasteiger partial charge in [-0.3, -0.25) is 4.90 Å². The zero-order valence-corrected chi connectivity index (χ0v) is 13.7. The molecule has 0 spiro atoms. The Kier molecular flexibility index (Phi) is 5.67. The van der Waals surface area contributed by atoms with Crippen LogP contribution in [0.25, 0.3) is 0 Å². The van der Waals surface area contributed by atoms with Crippen LogP contribution in [0, 0.1) is 5.92 Å². The van der Waals surface area contributed by atoms with Crippen LogP contribution in [-0.4, -0.2) is 30.6 Å². The van der Waals surface area contributed by atoms with E-state index in [2.05, 4.69) is 52.1 Å². The Labute approximate surface area is 123 Å². The second-order valence-electron chi connectivity index (χ2n) is 5.58. The van der Waals surface area contributed by atoms with E-state index in [-0.39, 0.29) is 0 Å². The number of hydrogen-bond acceptors (Lipinski definition) is 3. The van der Waals surface area contributed by atoms with Gasteiger partial charge in [-0.05, 0) is 59.9 Å². The van der Waals surface area contributed by atoms with Gasteiger partial charge in [-0.2, -0.15) is 0 Å². The van der Waals surface area contributed by atoms with Crippen molar-refractivity contribution >= 4 is 27.3 Å². The Hall–Kier alpha value is 0.1000. The fourth-order valence-corrected chi connectivity index (χ4v) is 4.13. The minimum absolute atomic E-state index is 0.663. The van der Waals surface area contributed by atoms with Crippen molar-refractivity contribution in [3.05, 3.63) is 20.8 Å². The molecule has 1 aromatic heterocycles. The molecule has 102 valence electrons. The van der Waals surface area contributed by atoms with Gasteiger partial charge in [0, 0.05) is 24.0 Å². The van der Waals surface area contributed by atoms with Crippen molar-refractivity contribution in [2.45, 2.75) is 39.3 Å². The molecule has 1 saturated heterocycles. The Bertz CT molecular complexity index is 364. The lowest BCUT2D eigenvalue weighted by atomic mass is 10.0. The van der Waals surface area contributed by atoms with Gasteiger partial charge in [0.05, 0.1) is 3.79 Å². The predicted molar refractivity (Wildman–Crippen MR) is 83.2 cm³/mol. The number of halogens is 1. The van der Waals surface area contributed by atoms with E-state index >= 15 is 0 Å². The first-order valence-electron chi connectivity index (χ1n) is 6.83. The molecule has 2 heterocycles. The van der Waals surface area contributed by atoms with Gasteiger partial charge in [0.2, 0.25) is 0 Å². The third kappa shape index (κ3) is 4.65. The van der Waals surface area contributed by atoms with Crippen molar-refractivity contribution in [1.29, 1.82) is 0 Å². The summed E-state index contributed by atoms with van der Waals surface area (Å²) in [7, 11) is 0. The highest BCUT2D eigenvalue weighted by molar-refractivity contribution is 9.11. The first-order valence-corrected chi connectivity index (χ1v) is 8.44. The molecular formula is C14H23BrN2S. The van der Waals surface area contributed by atoms with Crippen LogP contribution in [0.4, 0.5) is 0 Å². The average Bonchev–Trinajstić information content (AvgIpc) is 2.56. The molecule has 1 N–H and O–H groups in total.